The molecule has 0 bridgehead atoms. The summed E-state index contributed by atoms with van der Waals surface area (Å²) >= 11 is 5.79. The van der Waals surface area contributed by atoms with E-state index in [0.717, 1.165) is 13.1 Å². The van der Waals surface area contributed by atoms with Crippen LogP contribution in [0.25, 0.3) is 0 Å². The number of rotatable bonds is 1. The van der Waals surface area contributed by atoms with Crippen LogP contribution in [-0.4, -0.2) is 18.1 Å². The molecule has 64 valence electrons. The van der Waals surface area contributed by atoms with E-state index in [2.05, 4.69) is 10.3 Å². The van der Waals surface area contributed by atoms with Gasteiger partial charge in [0.1, 0.15) is 5.15 Å². The third-order valence-corrected chi connectivity index (χ3v) is 2.49. The van der Waals surface area contributed by atoms with Crippen molar-refractivity contribution in [2.24, 2.45) is 0 Å². The highest BCUT2D eigenvalue weighted by Crippen LogP contribution is 2.23. The molecule has 1 aromatic heterocycles. The second-order valence-electron chi connectivity index (χ2n) is 3.10. The highest BCUT2D eigenvalue weighted by molar-refractivity contribution is 6.29. The Morgan fingerprint density at radius 2 is 2.50 bits per heavy atom. The molecule has 2 nitrogen and oxygen atoms in total. The van der Waals surface area contributed by atoms with E-state index in [4.69, 9.17) is 11.6 Å². The number of halogens is 1. The molecule has 2 rings (SSSR count). The van der Waals surface area contributed by atoms with Crippen molar-refractivity contribution in [3.63, 3.8) is 0 Å². The van der Waals surface area contributed by atoms with Gasteiger partial charge < -0.3 is 5.32 Å². The van der Waals surface area contributed by atoms with Crippen LogP contribution in [0.1, 0.15) is 17.9 Å². The molecule has 1 aliphatic heterocycles. The fraction of sp³-hybridized carbons (Fsp3) is 0.444. The molecule has 0 spiro atoms. The summed E-state index contributed by atoms with van der Waals surface area (Å²) in [6.45, 7) is 2.19. The van der Waals surface area contributed by atoms with E-state index in [9.17, 15) is 0 Å². The minimum absolute atomic E-state index is 0.597. The molecule has 0 amide bonds. The van der Waals surface area contributed by atoms with Crippen LogP contribution in [0.4, 0.5) is 0 Å². The Hall–Kier alpha value is -0.600. The molecule has 2 heterocycles. The first-order chi connectivity index (χ1) is 5.86. The summed E-state index contributed by atoms with van der Waals surface area (Å²) in [5.41, 5.74) is 1.31. The molecule has 3 heteroatoms. The molecule has 1 atom stereocenters. The molecule has 0 aliphatic carbocycles. The number of hydrogen-bond acceptors (Lipinski definition) is 2. The van der Waals surface area contributed by atoms with Crippen molar-refractivity contribution in [3.8, 4) is 0 Å². The van der Waals surface area contributed by atoms with Gasteiger partial charge in [0.15, 0.2) is 0 Å². The highest BCUT2D eigenvalue weighted by atomic mass is 35.5. The molecule has 1 fully saturated rings. The summed E-state index contributed by atoms with van der Waals surface area (Å²) in [5, 5.41) is 3.92. The van der Waals surface area contributed by atoms with Gasteiger partial charge in [-0.15, -0.1) is 0 Å². The van der Waals surface area contributed by atoms with Gasteiger partial charge in [-0.1, -0.05) is 11.6 Å². The smallest absolute Gasteiger partial charge is 0.129 e. The standard InChI is InChI=1S/C9H11ClN2/c10-9-5-7(2-4-12-9)8-1-3-11-6-8/h2,4-5,8,11H,1,3,6H2/t8-/m0/s1. The van der Waals surface area contributed by atoms with Gasteiger partial charge in [0.2, 0.25) is 0 Å². The Bertz CT molecular complexity index is 269. The van der Waals surface area contributed by atoms with Gasteiger partial charge in [0.25, 0.3) is 0 Å². The maximum absolute atomic E-state index is 5.79. The Morgan fingerprint density at radius 3 is 3.17 bits per heavy atom. The lowest BCUT2D eigenvalue weighted by atomic mass is 10.0. The van der Waals surface area contributed by atoms with Gasteiger partial charge in [-0.2, -0.15) is 0 Å². The Labute approximate surface area is 77.0 Å². The lowest BCUT2D eigenvalue weighted by molar-refractivity contribution is 0.762. The predicted molar refractivity (Wildman–Crippen MR) is 49.5 cm³/mol. The summed E-state index contributed by atoms with van der Waals surface area (Å²) in [4.78, 5) is 3.96. The maximum atomic E-state index is 5.79. The van der Waals surface area contributed by atoms with E-state index in [1.807, 2.05) is 12.1 Å². The molecule has 0 aromatic carbocycles. The average molecular weight is 183 g/mol. The third-order valence-electron chi connectivity index (χ3n) is 2.28. The second kappa shape index (κ2) is 3.42. The van der Waals surface area contributed by atoms with E-state index in [1.54, 1.807) is 6.20 Å². The zero-order valence-corrected chi connectivity index (χ0v) is 7.51. The summed E-state index contributed by atoms with van der Waals surface area (Å²) in [6.07, 6.45) is 2.98. The monoisotopic (exact) mass is 182 g/mol. The van der Waals surface area contributed by atoms with Gasteiger partial charge in [0, 0.05) is 12.7 Å². The maximum Gasteiger partial charge on any atom is 0.129 e. The van der Waals surface area contributed by atoms with Crippen LogP contribution >= 0.6 is 11.6 Å². The molecular weight excluding hydrogens is 172 g/mol. The van der Waals surface area contributed by atoms with E-state index in [0.29, 0.717) is 11.1 Å². The van der Waals surface area contributed by atoms with Crippen LogP contribution in [0.15, 0.2) is 18.3 Å². The van der Waals surface area contributed by atoms with Crippen molar-refractivity contribution >= 4 is 11.6 Å². The topological polar surface area (TPSA) is 24.9 Å². The average Bonchev–Trinajstić information content (AvgIpc) is 2.56. The van der Waals surface area contributed by atoms with Crippen LogP contribution < -0.4 is 5.32 Å². The van der Waals surface area contributed by atoms with Crippen molar-refractivity contribution in [2.75, 3.05) is 13.1 Å². The van der Waals surface area contributed by atoms with Crippen LogP contribution in [0.2, 0.25) is 5.15 Å². The molecule has 1 saturated heterocycles. The molecule has 1 aliphatic rings. The minimum atomic E-state index is 0.597. The first-order valence-corrected chi connectivity index (χ1v) is 4.56. The lowest BCUT2D eigenvalue weighted by Gasteiger charge is -2.07. The van der Waals surface area contributed by atoms with Crippen molar-refractivity contribution in [1.29, 1.82) is 0 Å². The fourth-order valence-corrected chi connectivity index (χ4v) is 1.79. The van der Waals surface area contributed by atoms with Crippen molar-refractivity contribution in [2.45, 2.75) is 12.3 Å². The first-order valence-electron chi connectivity index (χ1n) is 4.18. The first kappa shape index (κ1) is 8.02. The van der Waals surface area contributed by atoms with Gasteiger partial charge in [-0.05, 0) is 36.6 Å². The summed E-state index contributed by atoms with van der Waals surface area (Å²) in [5.74, 6) is 0.630. The molecule has 1 aromatic rings. The van der Waals surface area contributed by atoms with Crippen LogP contribution in [0.5, 0.6) is 0 Å². The van der Waals surface area contributed by atoms with Gasteiger partial charge in [-0.25, -0.2) is 4.98 Å². The van der Waals surface area contributed by atoms with Crippen molar-refractivity contribution < 1.29 is 0 Å². The summed E-state index contributed by atoms with van der Waals surface area (Å²) in [7, 11) is 0. The van der Waals surface area contributed by atoms with Crippen LogP contribution in [0.3, 0.4) is 0 Å². The Balaban J connectivity index is 2.21. The van der Waals surface area contributed by atoms with Crippen molar-refractivity contribution in [3.05, 3.63) is 29.0 Å². The zero-order valence-electron chi connectivity index (χ0n) is 6.76. The van der Waals surface area contributed by atoms with Crippen LogP contribution in [0, 0.1) is 0 Å². The van der Waals surface area contributed by atoms with E-state index >= 15 is 0 Å². The minimum Gasteiger partial charge on any atom is -0.316 e. The quantitative estimate of drug-likeness (QED) is 0.671. The lowest BCUT2D eigenvalue weighted by Crippen LogP contribution is -2.07. The predicted octanol–water partition coefficient (Wildman–Crippen LogP) is 1.81. The zero-order chi connectivity index (χ0) is 8.39. The number of nitrogens with one attached hydrogen (secondary N) is 1. The normalized spacial score (nSPS) is 22.9. The molecule has 0 saturated carbocycles. The largest absolute Gasteiger partial charge is 0.316 e. The van der Waals surface area contributed by atoms with Gasteiger partial charge >= 0.3 is 0 Å². The molecule has 0 unspecified atom stereocenters. The van der Waals surface area contributed by atoms with Crippen LogP contribution in [-0.2, 0) is 0 Å². The van der Waals surface area contributed by atoms with E-state index in [1.165, 1.54) is 12.0 Å². The molecule has 1 N–H and O–H groups in total. The van der Waals surface area contributed by atoms with Gasteiger partial charge in [0.05, 0.1) is 0 Å². The van der Waals surface area contributed by atoms with E-state index in [-0.39, 0.29) is 0 Å². The second-order valence-corrected chi connectivity index (χ2v) is 3.49. The van der Waals surface area contributed by atoms with Crippen molar-refractivity contribution in [1.82, 2.24) is 10.3 Å². The molecular formula is C9H11ClN2. The number of nitrogens with zero attached hydrogens (tertiary/aromatic N) is 1. The number of pyridine rings is 1. The highest BCUT2D eigenvalue weighted by Gasteiger charge is 2.16. The van der Waals surface area contributed by atoms with Gasteiger partial charge in [-0.3, -0.25) is 0 Å². The molecule has 12 heavy (non-hydrogen) atoms. The Morgan fingerprint density at radius 1 is 1.58 bits per heavy atom. The molecule has 0 radical (unpaired) electrons. The summed E-state index contributed by atoms with van der Waals surface area (Å²) in [6, 6.07) is 4.00. The fourth-order valence-electron chi connectivity index (χ4n) is 1.61. The summed E-state index contributed by atoms with van der Waals surface area (Å²) < 4.78 is 0. The van der Waals surface area contributed by atoms with E-state index < -0.39 is 0 Å². The number of hydrogen-bond donors (Lipinski definition) is 1. The number of aromatic nitrogens is 1. The SMILES string of the molecule is Clc1cc([C@H]2CCNC2)ccn1. The Kier molecular flexibility index (Phi) is 2.28. The third kappa shape index (κ3) is 1.59.